The van der Waals surface area contributed by atoms with Gasteiger partial charge in [-0.2, -0.15) is 0 Å². The maximum absolute atomic E-state index is 5.52. The van der Waals surface area contributed by atoms with Crippen LogP contribution in [-0.4, -0.2) is 9.75 Å². The SMILES string of the molecule is ClC1=CC(Cl)=NC(Cl)(Cl)N1. The van der Waals surface area contributed by atoms with E-state index < -0.39 is 4.58 Å². The smallest absolute Gasteiger partial charge is 0.287 e. The fourth-order valence-electron chi connectivity index (χ4n) is 0.479. The van der Waals surface area contributed by atoms with Crippen LogP contribution in [0.15, 0.2) is 16.2 Å². The molecule has 0 radical (unpaired) electrons. The molecule has 0 bridgehead atoms. The van der Waals surface area contributed by atoms with Gasteiger partial charge in [0.05, 0.1) is 0 Å². The molecular formula is C4H2Cl4N2. The Hall–Kier alpha value is 0.370. The highest BCUT2D eigenvalue weighted by molar-refractivity contribution is 6.70. The van der Waals surface area contributed by atoms with Crippen molar-refractivity contribution in [3.63, 3.8) is 0 Å². The van der Waals surface area contributed by atoms with Gasteiger partial charge in [-0.05, 0) is 0 Å². The predicted molar refractivity (Wildman–Crippen MR) is 44.8 cm³/mol. The van der Waals surface area contributed by atoms with Crippen molar-refractivity contribution in [2.24, 2.45) is 4.99 Å². The van der Waals surface area contributed by atoms with Gasteiger partial charge < -0.3 is 5.32 Å². The maximum Gasteiger partial charge on any atom is 0.287 e. The third-order valence-electron chi connectivity index (χ3n) is 0.763. The third-order valence-corrected chi connectivity index (χ3v) is 1.52. The fourth-order valence-corrected chi connectivity index (χ4v) is 1.58. The topological polar surface area (TPSA) is 24.4 Å². The molecule has 6 heteroatoms. The van der Waals surface area contributed by atoms with E-state index in [1.807, 2.05) is 0 Å². The van der Waals surface area contributed by atoms with E-state index >= 15 is 0 Å². The molecule has 10 heavy (non-hydrogen) atoms. The van der Waals surface area contributed by atoms with Crippen molar-refractivity contribution in [2.45, 2.75) is 4.58 Å². The lowest BCUT2D eigenvalue weighted by atomic mass is 10.6. The lowest BCUT2D eigenvalue weighted by Gasteiger charge is -2.20. The van der Waals surface area contributed by atoms with Crippen LogP contribution in [0.3, 0.4) is 0 Å². The highest BCUT2D eigenvalue weighted by Gasteiger charge is 2.26. The molecule has 0 unspecified atom stereocenters. The highest BCUT2D eigenvalue weighted by Crippen LogP contribution is 2.25. The van der Waals surface area contributed by atoms with Gasteiger partial charge in [-0.25, -0.2) is 4.99 Å². The third kappa shape index (κ3) is 2.20. The zero-order chi connectivity index (χ0) is 7.78. The van der Waals surface area contributed by atoms with Crippen LogP contribution < -0.4 is 5.32 Å². The second kappa shape index (κ2) is 2.78. The summed E-state index contributed by atoms with van der Waals surface area (Å²) in [5.74, 6) is 0. The molecule has 0 aromatic carbocycles. The lowest BCUT2D eigenvalue weighted by molar-refractivity contribution is 0.720. The van der Waals surface area contributed by atoms with Crippen LogP contribution in [0, 0.1) is 0 Å². The number of aliphatic imine (C=N–C) groups is 1. The van der Waals surface area contributed by atoms with Crippen molar-refractivity contribution in [3.8, 4) is 0 Å². The number of nitrogens with zero attached hydrogens (tertiary/aromatic N) is 1. The van der Waals surface area contributed by atoms with E-state index in [2.05, 4.69) is 10.3 Å². The van der Waals surface area contributed by atoms with Crippen LogP contribution in [0.5, 0.6) is 0 Å². The number of nitrogens with one attached hydrogen (secondary N) is 1. The van der Waals surface area contributed by atoms with Crippen LogP contribution in [-0.2, 0) is 0 Å². The molecule has 0 aromatic heterocycles. The molecule has 1 rings (SSSR count). The maximum atomic E-state index is 5.52. The average molecular weight is 220 g/mol. The van der Waals surface area contributed by atoms with Crippen LogP contribution in [0.1, 0.15) is 0 Å². The molecule has 1 N–H and O–H groups in total. The van der Waals surface area contributed by atoms with E-state index in [4.69, 9.17) is 46.4 Å². The molecule has 0 aromatic rings. The number of rotatable bonds is 0. The van der Waals surface area contributed by atoms with Gasteiger partial charge in [-0.1, -0.05) is 46.4 Å². The minimum atomic E-state index is -1.43. The van der Waals surface area contributed by atoms with Crippen LogP contribution in [0.25, 0.3) is 0 Å². The van der Waals surface area contributed by atoms with Crippen LogP contribution in [0.4, 0.5) is 0 Å². The van der Waals surface area contributed by atoms with E-state index in [0.717, 1.165) is 0 Å². The molecular weight excluding hydrogens is 218 g/mol. The fraction of sp³-hybridized carbons (Fsp3) is 0.250. The largest absolute Gasteiger partial charge is 0.326 e. The molecule has 0 fully saturated rings. The highest BCUT2D eigenvalue weighted by atomic mass is 35.5. The van der Waals surface area contributed by atoms with Crippen molar-refractivity contribution in [2.75, 3.05) is 0 Å². The van der Waals surface area contributed by atoms with E-state index in [1.54, 1.807) is 0 Å². The summed E-state index contributed by atoms with van der Waals surface area (Å²) in [6.45, 7) is 0. The molecule has 0 atom stereocenters. The van der Waals surface area contributed by atoms with Gasteiger partial charge in [0, 0.05) is 6.08 Å². The second-order valence-electron chi connectivity index (χ2n) is 1.59. The molecule has 0 spiro atoms. The molecule has 0 saturated heterocycles. The molecule has 1 aliphatic rings. The predicted octanol–water partition coefficient (Wildman–Crippen LogP) is 2.40. The van der Waals surface area contributed by atoms with Gasteiger partial charge in [0.15, 0.2) is 0 Å². The van der Waals surface area contributed by atoms with Crippen molar-refractivity contribution in [3.05, 3.63) is 11.2 Å². The molecule has 56 valence electrons. The first-order chi connectivity index (χ1) is 4.49. The van der Waals surface area contributed by atoms with E-state index in [0.29, 0.717) is 0 Å². The van der Waals surface area contributed by atoms with Gasteiger partial charge in [-0.3, -0.25) is 0 Å². The van der Waals surface area contributed by atoms with Crippen LogP contribution in [0.2, 0.25) is 0 Å². The quantitative estimate of drug-likeness (QED) is 0.491. The first-order valence-corrected chi connectivity index (χ1v) is 3.79. The Morgan fingerprint density at radius 2 is 2.00 bits per heavy atom. The number of hydrogen-bond donors (Lipinski definition) is 1. The Kier molecular flexibility index (Phi) is 2.35. The summed E-state index contributed by atoms with van der Waals surface area (Å²) in [6, 6.07) is 0. The number of halogens is 4. The van der Waals surface area contributed by atoms with Gasteiger partial charge in [0.1, 0.15) is 10.3 Å². The van der Waals surface area contributed by atoms with E-state index in [1.165, 1.54) is 6.08 Å². The zero-order valence-electron chi connectivity index (χ0n) is 4.54. The Balaban J connectivity index is 2.88. The number of allylic oxidation sites excluding steroid dienone is 1. The van der Waals surface area contributed by atoms with Crippen molar-refractivity contribution in [1.29, 1.82) is 0 Å². The second-order valence-corrected chi connectivity index (χ2v) is 3.67. The van der Waals surface area contributed by atoms with Crippen molar-refractivity contribution < 1.29 is 0 Å². The first kappa shape index (κ1) is 8.47. The summed E-state index contributed by atoms with van der Waals surface area (Å²) in [4.78, 5) is 3.61. The molecule has 1 aliphatic heterocycles. The summed E-state index contributed by atoms with van der Waals surface area (Å²) in [5.41, 5.74) is 0. The normalized spacial score (nSPS) is 22.8. The Labute approximate surface area is 77.8 Å². The number of alkyl halides is 2. The Bertz CT molecular complexity index is 207. The monoisotopic (exact) mass is 218 g/mol. The minimum Gasteiger partial charge on any atom is -0.326 e. The van der Waals surface area contributed by atoms with Crippen LogP contribution >= 0.6 is 46.4 Å². The standard InChI is InChI=1S/C4H2Cl4N2/c5-2-1-3(6)10-4(7,8)9-2/h1,9H. The minimum absolute atomic E-state index is 0.175. The Morgan fingerprint density at radius 3 is 2.40 bits per heavy atom. The molecule has 2 nitrogen and oxygen atoms in total. The van der Waals surface area contributed by atoms with E-state index in [-0.39, 0.29) is 10.3 Å². The Morgan fingerprint density at radius 1 is 1.40 bits per heavy atom. The summed E-state index contributed by atoms with van der Waals surface area (Å²) >= 11 is 22.0. The van der Waals surface area contributed by atoms with Gasteiger partial charge in [0.2, 0.25) is 0 Å². The molecule has 0 saturated carbocycles. The summed E-state index contributed by atoms with van der Waals surface area (Å²) < 4.78 is -1.43. The lowest BCUT2D eigenvalue weighted by Crippen LogP contribution is -2.33. The number of hydrogen-bond acceptors (Lipinski definition) is 2. The molecule has 0 amide bonds. The molecule has 0 aliphatic carbocycles. The van der Waals surface area contributed by atoms with E-state index in [9.17, 15) is 0 Å². The van der Waals surface area contributed by atoms with Gasteiger partial charge >= 0.3 is 0 Å². The van der Waals surface area contributed by atoms with Crippen molar-refractivity contribution in [1.82, 2.24) is 5.32 Å². The zero-order valence-corrected chi connectivity index (χ0v) is 7.56. The summed E-state index contributed by atoms with van der Waals surface area (Å²) in [5, 5.41) is 2.91. The van der Waals surface area contributed by atoms with Gasteiger partial charge in [0.25, 0.3) is 4.58 Å². The summed E-state index contributed by atoms with van der Waals surface area (Å²) in [6.07, 6.45) is 1.41. The van der Waals surface area contributed by atoms with Gasteiger partial charge in [-0.15, -0.1) is 0 Å². The first-order valence-electron chi connectivity index (χ1n) is 2.28. The molecule has 1 heterocycles. The summed E-state index contributed by atoms with van der Waals surface area (Å²) in [7, 11) is 0. The average Bonchev–Trinajstić information content (AvgIpc) is 1.54. The van der Waals surface area contributed by atoms with Crippen molar-refractivity contribution >= 4 is 51.6 Å².